The number of halogens is 1. The maximum Gasteiger partial charge on any atom is 0.273 e. The number of carbonyl (C=O) groups is 1. The molecule has 1 fully saturated rings. The molecule has 1 amide bonds. The van der Waals surface area contributed by atoms with Gasteiger partial charge in [-0.25, -0.2) is 9.37 Å². The number of thiazole rings is 1. The molecule has 0 saturated carbocycles. The molecule has 1 aliphatic heterocycles. The van der Waals surface area contributed by atoms with Gasteiger partial charge >= 0.3 is 0 Å². The Balaban J connectivity index is 1.55. The van der Waals surface area contributed by atoms with Gasteiger partial charge in [0.1, 0.15) is 11.0 Å². The van der Waals surface area contributed by atoms with Crippen LogP contribution >= 0.6 is 11.3 Å². The molecule has 4 rings (SSSR count). The summed E-state index contributed by atoms with van der Waals surface area (Å²) in [7, 11) is 3.06. The van der Waals surface area contributed by atoms with E-state index in [0.717, 1.165) is 18.0 Å². The molecule has 1 N–H and O–H groups in total. The minimum Gasteiger partial charge on any atom is -0.494 e. The molecule has 3 heterocycles. The lowest BCUT2D eigenvalue weighted by Crippen LogP contribution is -2.39. The summed E-state index contributed by atoms with van der Waals surface area (Å²) in [6.07, 6.45) is 2.93. The fourth-order valence-electron chi connectivity index (χ4n) is 3.63. The van der Waals surface area contributed by atoms with Gasteiger partial charge in [-0.3, -0.25) is 14.2 Å². The topological polar surface area (TPSA) is 89.3 Å². The Bertz CT molecular complexity index is 1140. The SMILES string of the molecule is CNC(=O)C1CCN(c2nc3ncn(Cc4ccc(OC)c(F)c4)c(=O)c3s2)CC1. The van der Waals surface area contributed by atoms with Crippen LogP contribution in [0.3, 0.4) is 0 Å². The van der Waals surface area contributed by atoms with Crippen molar-refractivity contribution in [2.45, 2.75) is 19.4 Å². The summed E-state index contributed by atoms with van der Waals surface area (Å²) < 4.78 is 20.8. The molecule has 8 nitrogen and oxygen atoms in total. The van der Waals surface area contributed by atoms with E-state index in [-0.39, 0.29) is 29.7 Å². The summed E-state index contributed by atoms with van der Waals surface area (Å²) in [5, 5.41) is 3.43. The number of hydrogen-bond donors (Lipinski definition) is 1. The summed E-state index contributed by atoms with van der Waals surface area (Å²) in [6, 6.07) is 4.60. The van der Waals surface area contributed by atoms with E-state index < -0.39 is 5.82 Å². The third-order valence-electron chi connectivity index (χ3n) is 5.32. The number of piperidine rings is 1. The first-order valence-corrected chi connectivity index (χ1v) is 10.5. The van der Waals surface area contributed by atoms with Crippen LogP contribution in [-0.2, 0) is 11.3 Å². The van der Waals surface area contributed by atoms with Crippen molar-refractivity contribution >= 4 is 32.7 Å². The number of nitrogens with zero attached hydrogens (tertiary/aromatic N) is 4. The molecule has 0 unspecified atom stereocenters. The smallest absolute Gasteiger partial charge is 0.273 e. The number of benzene rings is 1. The minimum atomic E-state index is -0.475. The number of hydrogen-bond acceptors (Lipinski definition) is 7. The molecule has 0 radical (unpaired) electrons. The van der Waals surface area contributed by atoms with Crippen LogP contribution in [0, 0.1) is 11.7 Å². The van der Waals surface area contributed by atoms with Gasteiger partial charge in [-0.05, 0) is 30.5 Å². The van der Waals surface area contributed by atoms with Crippen LogP contribution in [0.1, 0.15) is 18.4 Å². The number of aromatic nitrogens is 3. The van der Waals surface area contributed by atoms with Gasteiger partial charge in [0.2, 0.25) is 5.91 Å². The van der Waals surface area contributed by atoms with E-state index in [1.807, 2.05) is 0 Å². The third kappa shape index (κ3) is 3.87. The Morgan fingerprint density at radius 1 is 1.37 bits per heavy atom. The lowest BCUT2D eigenvalue weighted by molar-refractivity contribution is -0.125. The molecule has 158 valence electrons. The van der Waals surface area contributed by atoms with Crippen LogP contribution in [0.15, 0.2) is 29.3 Å². The second-order valence-electron chi connectivity index (χ2n) is 7.17. The molecular weight excluding hydrogens is 409 g/mol. The predicted molar refractivity (Wildman–Crippen MR) is 113 cm³/mol. The van der Waals surface area contributed by atoms with Gasteiger partial charge in [-0.2, -0.15) is 4.98 Å². The van der Waals surface area contributed by atoms with Gasteiger partial charge in [0.05, 0.1) is 13.7 Å². The number of carbonyl (C=O) groups excluding carboxylic acids is 1. The van der Waals surface area contributed by atoms with Crippen LogP contribution in [0.5, 0.6) is 5.75 Å². The maximum atomic E-state index is 13.9. The highest BCUT2D eigenvalue weighted by Gasteiger charge is 2.26. The first-order chi connectivity index (χ1) is 14.5. The molecule has 0 spiro atoms. The fraction of sp³-hybridized carbons (Fsp3) is 0.400. The van der Waals surface area contributed by atoms with Gasteiger partial charge in [0.25, 0.3) is 5.56 Å². The van der Waals surface area contributed by atoms with Crippen LogP contribution in [-0.4, -0.2) is 47.7 Å². The van der Waals surface area contributed by atoms with Crippen LogP contribution < -0.4 is 20.5 Å². The number of amides is 1. The molecule has 0 bridgehead atoms. The highest BCUT2D eigenvalue weighted by Crippen LogP contribution is 2.29. The Labute approximate surface area is 176 Å². The average molecular weight is 431 g/mol. The molecule has 2 aromatic heterocycles. The highest BCUT2D eigenvalue weighted by molar-refractivity contribution is 7.22. The molecule has 10 heteroatoms. The Kier molecular flexibility index (Phi) is 5.67. The zero-order valence-corrected chi connectivity index (χ0v) is 17.5. The van der Waals surface area contributed by atoms with E-state index in [2.05, 4.69) is 20.2 Å². The molecular formula is C20H22FN5O3S. The van der Waals surface area contributed by atoms with Crippen molar-refractivity contribution in [1.29, 1.82) is 0 Å². The van der Waals surface area contributed by atoms with E-state index in [9.17, 15) is 14.0 Å². The second-order valence-corrected chi connectivity index (χ2v) is 8.15. The summed E-state index contributed by atoms with van der Waals surface area (Å²) in [6.45, 7) is 1.61. The highest BCUT2D eigenvalue weighted by atomic mass is 32.1. The molecule has 1 saturated heterocycles. The van der Waals surface area contributed by atoms with E-state index in [1.165, 1.54) is 41.5 Å². The second kappa shape index (κ2) is 8.39. The standard InChI is InChI=1S/C20H22FN5O3S/c1-22-18(27)13-5-7-25(8-6-13)20-24-17-16(30-20)19(28)26(11-23-17)10-12-3-4-15(29-2)14(21)9-12/h3-4,9,11,13H,5-8,10H2,1-2H3,(H,22,27). The van der Waals surface area contributed by atoms with E-state index in [4.69, 9.17) is 4.74 Å². The summed E-state index contributed by atoms with van der Waals surface area (Å²) in [5.74, 6) is -0.233. The number of ether oxygens (including phenoxy) is 1. The van der Waals surface area contributed by atoms with Crippen LogP contribution in [0.25, 0.3) is 10.3 Å². The predicted octanol–water partition coefficient (Wildman–Crippen LogP) is 2.01. The van der Waals surface area contributed by atoms with Gasteiger partial charge in [-0.1, -0.05) is 17.4 Å². The van der Waals surface area contributed by atoms with E-state index in [0.29, 0.717) is 29.0 Å². The van der Waals surface area contributed by atoms with Crippen molar-refractivity contribution in [2.75, 3.05) is 32.1 Å². The Morgan fingerprint density at radius 3 is 2.80 bits per heavy atom. The zero-order chi connectivity index (χ0) is 21.3. The van der Waals surface area contributed by atoms with Crippen LogP contribution in [0.2, 0.25) is 0 Å². The number of methoxy groups -OCH3 is 1. The largest absolute Gasteiger partial charge is 0.494 e. The Morgan fingerprint density at radius 2 is 2.13 bits per heavy atom. The van der Waals surface area contributed by atoms with Crippen molar-refractivity contribution in [2.24, 2.45) is 5.92 Å². The number of nitrogens with one attached hydrogen (secondary N) is 1. The summed E-state index contributed by atoms with van der Waals surface area (Å²) in [4.78, 5) is 35.7. The van der Waals surface area contributed by atoms with Crippen LogP contribution in [0.4, 0.5) is 9.52 Å². The molecule has 0 atom stereocenters. The van der Waals surface area contributed by atoms with Crippen molar-refractivity contribution in [1.82, 2.24) is 19.9 Å². The third-order valence-corrected chi connectivity index (χ3v) is 6.42. The lowest BCUT2D eigenvalue weighted by Gasteiger charge is -2.30. The van der Waals surface area contributed by atoms with Crippen molar-refractivity contribution in [3.05, 3.63) is 46.3 Å². The number of fused-ring (bicyclic) bond motifs is 1. The molecule has 3 aromatic rings. The fourth-order valence-corrected chi connectivity index (χ4v) is 4.65. The Hall–Kier alpha value is -3.01. The van der Waals surface area contributed by atoms with Crippen molar-refractivity contribution < 1.29 is 13.9 Å². The first-order valence-electron chi connectivity index (χ1n) is 9.65. The number of rotatable bonds is 5. The normalized spacial score (nSPS) is 14.8. The zero-order valence-electron chi connectivity index (χ0n) is 16.7. The lowest BCUT2D eigenvalue weighted by atomic mass is 9.96. The van der Waals surface area contributed by atoms with Gasteiger partial charge < -0.3 is 15.0 Å². The van der Waals surface area contributed by atoms with E-state index >= 15 is 0 Å². The number of anilines is 1. The molecule has 1 aliphatic rings. The first kappa shape index (κ1) is 20.3. The molecule has 0 aliphatic carbocycles. The monoisotopic (exact) mass is 431 g/mol. The average Bonchev–Trinajstić information content (AvgIpc) is 3.21. The quantitative estimate of drug-likeness (QED) is 0.665. The summed E-state index contributed by atoms with van der Waals surface area (Å²) >= 11 is 1.30. The van der Waals surface area contributed by atoms with Crippen molar-refractivity contribution in [3.63, 3.8) is 0 Å². The van der Waals surface area contributed by atoms with Gasteiger partial charge in [-0.15, -0.1) is 0 Å². The molecule has 30 heavy (non-hydrogen) atoms. The minimum absolute atomic E-state index is 0.0147. The maximum absolute atomic E-state index is 13.9. The van der Waals surface area contributed by atoms with Gasteiger partial charge in [0.15, 0.2) is 22.3 Å². The van der Waals surface area contributed by atoms with Crippen molar-refractivity contribution in [3.8, 4) is 5.75 Å². The molecule has 1 aromatic carbocycles. The van der Waals surface area contributed by atoms with Gasteiger partial charge in [0, 0.05) is 26.1 Å². The summed E-state index contributed by atoms with van der Waals surface area (Å²) in [5.41, 5.74) is 0.836. The van der Waals surface area contributed by atoms with E-state index in [1.54, 1.807) is 13.1 Å².